The summed E-state index contributed by atoms with van der Waals surface area (Å²) in [4.78, 5) is 21.2. The predicted octanol–water partition coefficient (Wildman–Crippen LogP) is 0.901. The highest BCUT2D eigenvalue weighted by atomic mass is 32.2. The molecular weight excluding hydrogens is 354 g/mol. The molecule has 10 heteroatoms. The van der Waals surface area contributed by atoms with Crippen LogP contribution in [0.5, 0.6) is 0 Å². The van der Waals surface area contributed by atoms with Crippen LogP contribution in [0.1, 0.15) is 10.5 Å². The number of nitrogens with zero attached hydrogens (tertiary/aromatic N) is 4. The van der Waals surface area contributed by atoms with Gasteiger partial charge < -0.3 is 4.90 Å². The van der Waals surface area contributed by atoms with Gasteiger partial charge in [-0.1, -0.05) is 0 Å². The van der Waals surface area contributed by atoms with Crippen molar-refractivity contribution in [1.29, 1.82) is 0 Å². The lowest BCUT2D eigenvalue weighted by Gasteiger charge is -2.33. The molecule has 7 nitrogen and oxygen atoms in total. The smallest absolute Gasteiger partial charge is 0.274 e. The number of carbonyl (C=O) groups excluding carboxylic acids is 1. The van der Waals surface area contributed by atoms with Crippen molar-refractivity contribution in [3.05, 3.63) is 54.1 Å². The topological polar surface area (TPSA) is 83.5 Å². The van der Waals surface area contributed by atoms with E-state index in [1.54, 1.807) is 0 Å². The van der Waals surface area contributed by atoms with Gasteiger partial charge in [-0.15, -0.1) is 0 Å². The van der Waals surface area contributed by atoms with Crippen LogP contribution in [0.2, 0.25) is 0 Å². The van der Waals surface area contributed by atoms with E-state index in [2.05, 4.69) is 9.97 Å². The number of halogens is 2. The molecule has 0 saturated carbocycles. The van der Waals surface area contributed by atoms with E-state index < -0.39 is 21.7 Å². The van der Waals surface area contributed by atoms with Crippen LogP contribution in [0.3, 0.4) is 0 Å². The van der Waals surface area contributed by atoms with Gasteiger partial charge in [0.05, 0.1) is 11.1 Å². The van der Waals surface area contributed by atoms with E-state index in [-0.39, 0.29) is 42.7 Å². The third-order valence-corrected chi connectivity index (χ3v) is 5.73. The van der Waals surface area contributed by atoms with Crippen LogP contribution in [0, 0.1) is 11.6 Å². The molecule has 132 valence electrons. The van der Waals surface area contributed by atoms with Crippen LogP contribution in [-0.4, -0.2) is 59.7 Å². The second kappa shape index (κ2) is 6.81. The lowest BCUT2D eigenvalue weighted by atomic mass is 10.3. The zero-order valence-electron chi connectivity index (χ0n) is 13.0. The highest BCUT2D eigenvalue weighted by Crippen LogP contribution is 2.20. The Bertz CT molecular complexity index is 885. The third kappa shape index (κ3) is 3.49. The van der Waals surface area contributed by atoms with E-state index in [1.165, 1.54) is 23.5 Å². The largest absolute Gasteiger partial charge is 0.335 e. The van der Waals surface area contributed by atoms with E-state index in [4.69, 9.17) is 0 Å². The normalized spacial score (nSPS) is 16.0. The molecule has 0 unspecified atom stereocenters. The van der Waals surface area contributed by atoms with Gasteiger partial charge in [0.25, 0.3) is 5.91 Å². The maximum atomic E-state index is 13.3. The summed E-state index contributed by atoms with van der Waals surface area (Å²) in [7, 11) is -3.95. The lowest BCUT2D eigenvalue weighted by molar-refractivity contribution is 0.0691. The summed E-state index contributed by atoms with van der Waals surface area (Å²) in [6.07, 6.45) is 4.19. The van der Waals surface area contributed by atoms with Crippen LogP contribution < -0.4 is 0 Å². The average Bonchev–Trinajstić information content (AvgIpc) is 2.64. The number of carbonyl (C=O) groups is 1. The van der Waals surface area contributed by atoms with Gasteiger partial charge in [0.15, 0.2) is 11.6 Å². The first kappa shape index (κ1) is 17.4. The molecule has 0 aliphatic carbocycles. The van der Waals surface area contributed by atoms with Crippen molar-refractivity contribution in [3.63, 3.8) is 0 Å². The van der Waals surface area contributed by atoms with Crippen LogP contribution in [0.15, 0.2) is 41.7 Å². The summed E-state index contributed by atoms with van der Waals surface area (Å²) in [6, 6.07) is 2.45. The number of aromatic nitrogens is 2. The molecule has 3 rings (SSSR count). The molecule has 2 aromatic rings. The quantitative estimate of drug-likeness (QED) is 0.804. The van der Waals surface area contributed by atoms with Crippen LogP contribution in [0.25, 0.3) is 0 Å². The number of piperazine rings is 1. The standard InChI is InChI=1S/C15H14F2N4O3S/c16-12-2-1-11(9-13(12)17)25(23,24)21-7-5-20(6-8-21)15(22)14-10-18-3-4-19-14/h1-4,9-10H,5-8H2. The second-order valence-electron chi connectivity index (χ2n) is 5.36. The summed E-state index contributed by atoms with van der Waals surface area (Å²) in [5.74, 6) is -2.67. The summed E-state index contributed by atoms with van der Waals surface area (Å²) >= 11 is 0. The zero-order valence-corrected chi connectivity index (χ0v) is 13.8. The molecule has 1 amide bonds. The molecule has 2 heterocycles. The second-order valence-corrected chi connectivity index (χ2v) is 7.30. The SMILES string of the molecule is O=C(c1cnccn1)N1CCN(S(=O)(=O)c2ccc(F)c(F)c2)CC1. The van der Waals surface area contributed by atoms with Gasteiger partial charge in [-0.2, -0.15) is 4.31 Å². The van der Waals surface area contributed by atoms with Crippen molar-refractivity contribution < 1.29 is 22.0 Å². The van der Waals surface area contributed by atoms with Gasteiger partial charge in [-0.3, -0.25) is 9.78 Å². The van der Waals surface area contributed by atoms with Gasteiger partial charge in [0, 0.05) is 38.6 Å². The molecule has 0 atom stereocenters. The summed E-state index contributed by atoms with van der Waals surface area (Å²) in [5, 5.41) is 0. The molecule has 1 saturated heterocycles. The Morgan fingerprint density at radius 2 is 1.76 bits per heavy atom. The Labute approximate surface area is 143 Å². The molecule has 25 heavy (non-hydrogen) atoms. The van der Waals surface area contributed by atoms with Crippen molar-refractivity contribution in [3.8, 4) is 0 Å². The van der Waals surface area contributed by atoms with E-state index in [0.29, 0.717) is 6.07 Å². The number of hydrogen-bond donors (Lipinski definition) is 0. The number of hydrogen-bond acceptors (Lipinski definition) is 5. The minimum atomic E-state index is -3.95. The molecule has 0 radical (unpaired) electrons. The van der Waals surface area contributed by atoms with Gasteiger partial charge in [-0.05, 0) is 18.2 Å². The Kier molecular flexibility index (Phi) is 4.73. The molecule has 1 fully saturated rings. The fourth-order valence-corrected chi connectivity index (χ4v) is 3.92. The third-order valence-electron chi connectivity index (χ3n) is 3.84. The number of sulfonamides is 1. The van der Waals surface area contributed by atoms with Crippen molar-refractivity contribution in [2.24, 2.45) is 0 Å². The lowest BCUT2D eigenvalue weighted by Crippen LogP contribution is -2.50. The average molecular weight is 368 g/mol. The Hall–Kier alpha value is -2.46. The molecule has 1 aromatic heterocycles. The summed E-state index contributed by atoms with van der Waals surface area (Å²) in [5.41, 5.74) is 0.180. The summed E-state index contributed by atoms with van der Waals surface area (Å²) in [6.45, 7) is 0.428. The first-order valence-corrected chi connectivity index (χ1v) is 8.84. The molecular formula is C15H14F2N4O3S. The highest BCUT2D eigenvalue weighted by Gasteiger charge is 2.31. The fraction of sp³-hybridized carbons (Fsp3) is 0.267. The molecule has 0 N–H and O–H groups in total. The number of rotatable bonds is 3. The monoisotopic (exact) mass is 368 g/mol. The minimum Gasteiger partial charge on any atom is -0.335 e. The van der Waals surface area contributed by atoms with Crippen LogP contribution >= 0.6 is 0 Å². The highest BCUT2D eigenvalue weighted by molar-refractivity contribution is 7.89. The zero-order chi connectivity index (χ0) is 18.0. The van der Waals surface area contributed by atoms with Gasteiger partial charge in [0.1, 0.15) is 5.69 Å². The van der Waals surface area contributed by atoms with E-state index in [1.807, 2.05) is 0 Å². The van der Waals surface area contributed by atoms with Crippen LogP contribution in [0.4, 0.5) is 8.78 Å². The predicted molar refractivity (Wildman–Crippen MR) is 83.1 cm³/mol. The van der Waals surface area contributed by atoms with Crippen molar-refractivity contribution in [2.75, 3.05) is 26.2 Å². The number of amides is 1. The van der Waals surface area contributed by atoms with Crippen molar-refractivity contribution in [2.45, 2.75) is 4.90 Å². The molecule has 1 aliphatic heterocycles. The molecule has 0 spiro atoms. The van der Waals surface area contributed by atoms with E-state index in [9.17, 15) is 22.0 Å². The first-order chi connectivity index (χ1) is 11.9. The minimum absolute atomic E-state index is 0.0489. The van der Waals surface area contributed by atoms with Crippen LogP contribution in [-0.2, 0) is 10.0 Å². The van der Waals surface area contributed by atoms with Gasteiger partial charge in [0.2, 0.25) is 10.0 Å². The van der Waals surface area contributed by atoms with Gasteiger partial charge in [-0.25, -0.2) is 22.2 Å². The van der Waals surface area contributed by atoms with Gasteiger partial charge >= 0.3 is 0 Å². The Morgan fingerprint density at radius 3 is 2.36 bits per heavy atom. The Balaban J connectivity index is 1.71. The molecule has 1 aliphatic rings. The Morgan fingerprint density at radius 1 is 1.04 bits per heavy atom. The van der Waals surface area contributed by atoms with E-state index in [0.717, 1.165) is 16.4 Å². The maximum Gasteiger partial charge on any atom is 0.274 e. The van der Waals surface area contributed by atoms with Crippen molar-refractivity contribution >= 4 is 15.9 Å². The number of benzene rings is 1. The summed E-state index contributed by atoms with van der Waals surface area (Å²) < 4.78 is 52.5. The molecule has 0 bridgehead atoms. The van der Waals surface area contributed by atoms with Crippen molar-refractivity contribution in [1.82, 2.24) is 19.2 Å². The first-order valence-electron chi connectivity index (χ1n) is 7.40. The van der Waals surface area contributed by atoms with E-state index >= 15 is 0 Å². The molecule has 1 aromatic carbocycles. The fourth-order valence-electron chi connectivity index (χ4n) is 2.49. The maximum absolute atomic E-state index is 13.3.